The van der Waals surface area contributed by atoms with Gasteiger partial charge in [0.15, 0.2) is 0 Å². The zero-order chi connectivity index (χ0) is 12.3. The Hall–Kier alpha value is -0.870. The van der Waals surface area contributed by atoms with Crippen LogP contribution in [-0.4, -0.2) is 28.8 Å². The fraction of sp³-hybridized carbons (Fsp3) is 0.769. The van der Waals surface area contributed by atoms with E-state index >= 15 is 0 Å². The Morgan fingerprint density at radius 3 is 2.71 bits per heavy atom. The third-order valence-electron chi connectivity index (χ3n) is 3.73. The van der Waals surface area contributed by atoms with Gasteiger partial charge < -0.3 is 14.6 Å². The van der Waals surface area contributed by atoms with Crippen LogP contribution in [0.25, 0.3) is 0 Å². The SMILES string of the molecule is CC(NC(C)C1CCOCC1)c1nccn1C. The van der Waals surface area contributed by atoms with Crippen LogP contribution in [-0.2, 0) is 11.8 Å². The highest BCUT2D eigenvalue weighted by atomic mass is 16.5. The Balaban J connectivity index is 1.89. The molecule has 0 aliphatic carbocycles. The molecule has 2 rings (SSSR count). The molecule has 0 amide bonds. The second kappa shape index (κ2) is 5.65. The Morgan fingerprint density at radius 2 is 2.12 bits per heavy atom. The fourth-order valence-electron chi connectivity index (χ4n) is 2.62. The zero-order valence-corrected chi connectivity index (χ0v) is 11.0. The molecular formula is C13H23N3O. The first-order valence-corrected chi connectivity index (χ1v) is 6.49. The molecule has 1 aliphatic heterocycles. The summed E-state index contributed by atoms with van der Waals surface area (Å²) in [4.78, 5) is 4.39. The summed E-state index contributed by atoms with van der Waals surface area (Å²) in [5.41, 5.74) is 0. The van der Waals surface area contributed by atoms with Crippen molar-refractivity contribution in [2.75, 3.05) is 13.2 Å². The van der Waals surface area contributed by atoms with E-state index in [1.165, 1.54) is 12.8 Å². The number of aromatic nitrogens is 2. The van der Waals surface area contributed by atoms with Crippen LogP contribution in [0.4, 0.5) is 0 Å². The summed E-state index contributed by atoms with van der Waals surface area (Å²) in [5, 5.41) is 3.65. The van der Waals surface area contributed by atoms with Gasteiger partial charge in [0.05, 0.1) is 6.04 Å². The number of aryl methyl sites for hydroxylation is 1. The van der Waals surface area contributed by atoms with E-state index in [1.807, 2.05) is 19.4 Å². The van der Waals surface area contributed by atoms with E-state index < -0.39 is 0 Å². The highest BCUT2D eigenvalue weighted by molar-refractivity contribution is 4.98. The van der Waals surface area contributed by atoms with E-state index in [-0.39, 0.29) is 0 Å². The third kappa shape index (κ3) is 3.07. The Morgan fingerprint density at radius 1 is 1.41 bits per heavy atom. The standard InChI is InChI=1S/C13H23N3O/c1-10(12-4-8-17-9-5-12)15-11(2)13-14-6-7-16(13)3/h6-7,10-12,15H,4-5,8-9H2,1-3H3. The van der Waals surface area contributed by atoms with E-state index in [2.05, 4.69) is 28.7 Å². The van der Waals surface area contributed by atoms with Crippen molar-refractivity contribution in [3.63, 3.8) is 0 Å². The van der Waals surface area contributed by atoms with Crippen LogP contribution in [0.1, 0.15) is 38.6 Å². The van der Waals surface area contributed by atoms with Crippen LogP contribution in [0.15, 0.2) is 12.4 Å². The minimum absolute atomic E-state index is 0.299. The van der Waals surface area contributed by atoms with Crippen LogP contribution in [0.3, 0.4) is 0 Å². The monoisotopic (exact) mass is 237 g/mol. The Kier molecular flexibility index (Phi) is 4.18. The molecule has 0 aromatic carbocycles. The van der Waals surface area contributed by atoms with Crippen LogP contribution in [0.2, 0.25) is 0 Å². The van der Waals surface area contributed by atoms with Gasteiger partial charge in [-0.25, -0.2) is 4.98 Å². The van der Waals surface area contributed by atoms with Crippen molar-refractivity contribution in [1.29, 1.82) is 0 Å². The van der Waals surface area contributed by atoms with Crippen LogP contribution in [0.5, 0.6) is 0 Å². The molecule has 1 aromatic rings. The number of nitrogens with one attached hydrogen (secondary N) is 1. The molecular weight excluding hydrogens is 214 g/mol. The molecule has 2 heterocycles. The van der Waals surface area contributed by atoms with E-state index in [0.717, 1.165) is 25.0 Å². The molecule has 1 fully saturated rings. The molecule has 1 aromatic heterocycles. The maximum atomic E-state index is 5.40. The average molecular weight is 237 g/mol. The summed E-state index contributed by atoms with van der Waals surface area (Å²) in [6, 6.07) is 0.818. The van der Waals surface area contributed by atoms with E-state index in [9.17, 15) is 0 Å². The van der Waals surface area contributed by atoms with Gasteiger partial charge in [-0.15, -0.1) is 0 Å². The predicted molar refractivity (Wildman–Crippen MR) is 67.8 cm³/mol. The molecule has 4 nitrogen and oxygen atoms in total. The number of ether oxygens (including phenoxy) is 1. The Labute approximate surface area is 103 Å². The highest BCUT2D eigenvalue weighted by Gasteiger charge is 2.22. The highest BCUT2D eigenvalue weighted by Crippen LogP contribution is 2.21. The summed E-state index contributed by atoms with van der Waals surface area (Å²) in [6.45, 7) is 6.27. The van der Waals surface area contributed by atoms with Crippen LogP contribution < -0.4 is 5.32 Å². The smallest absolute Gasteiger partial charge is 0.125 e. The number of imidazole rings is 1. The van der Waals surface area contributed by atoms with Gasteiger partial charge in [-0.3, -0.25) is 0 Å². The van der Waals surface area contributed by atoms with Crippen molar-refractivity contribution in [1.82, 2.24) is 14.9 Å². The minimum atomic E-state index is 0.299. The molecule has 0 radical (unpaired) electrons. The average Bonchev–Trinajstić information content (AvgIpc) is 2.76. The van der Waals surface area contributed by atoms with Crippen molar-refractivity contribution in [2.24, 2.45) is 13.0 Å². The molecule has 2 unspecified atom stereocenters. The maximum Gasteiger partial charge on any atom is 0.125 e. The molecule has 17 heavy (non-hydrogen) atoms. The van der Waals surface area contributed by atoms with Gasteiger partial charge in [0, 0.05) is 38.7 Å². The summed E-state index contributed by atoms with van der Waals surface area (Å²) in [5.74, 6) is 1.83. The summed E-state index contributed by atoms with van der Waals surface area (Å²) in [7, 11) is 2.04. The number of rotatable bonds is 4. The topological polar surface area (TPSA) is 39.1 Å². The molecule has 0 spiro atoms. The maximum absolute atomic E-state index is 5.40. The van der Waals surface area contributed by atoms with Gasteiger partial charge >= 0.3 is 0 Å². The van der Waals surface area contributed by atoms with E-state index in [4.69, 9.17) is 4.74 Å². The van der Waals surface area contributed by atoms with Crippen molar-refractivity contribution in [3.8, 4) is 0 Å². The van der Waals surface area contributed by atoms with Crippen LogP contribution in [0, 0.1) is 5.92 Å². The Bertz CT molecular complexity index is 344. The van der Waals surface area contributed by atoms with E-state index in [1.54, 1.807) is 0 Å². The van der Waals surface area contributed by atoms with Crippen molar-refractivity contribution in [2.45, 2.75) is 38.8 Å². The first-order chi connectivity index (χ1) is 8.18. The lowest BCUT2D eigenvalue weighted by Crippen LogP contribution is -2.38. The molecule has 96 valence electrons. The quantitative estimate of drug-likeness (QED) is 0.869. The predicted octanol–water partition coefficient (Wildman–Crippen LogP) is 1.89. The van der Waals surface area contributed by atoms with Gasteiger partial charge in [-0.1, -0.05) is 0 Å². The molecule has 1 saturated heterocycles. The normalized spacial score (nSPS) is 21.4. The minimum Gasteiger partial charge on any atom is -0.381 e. The number of hydrogen-bond acceptors (Lipinski definition) is 3. The molecule has 0 saturated carbocycles. The molecule has 0 bridgehead atoms. The summed E-state index contributed by atoms with van der Waals surface area (Å²) >= 11 is 0. The van der Waals surface area contributed by atoms with Gasteiger partial charge in [0.1, 0.15) is 5.82 Å². The molecule has 4 heteroatoms. The molecule has 1 N–H and O–H groups in total. The first-order valence-electron chi connectivity index (χ1n) is 6.49. The molecule has 1 aliphatic rings. The fourth-order valence-corrected chi connectivity index (χ4v) is 2.62. The zero-order valence-electron chi connectivity index (χ0n) is 11.0. The van der Waals surface area contributed by atoms with Gasteiger partial charge in [-0.2, -0.15) is 0 Å². The van der Waals surface area contributed by atoms with Crippen molar-refractivity contribution >= 4 is 0 Å². The van der Waals surface area contributed by atoms with Crippen molar-refractivity contribution < 1.29 is 4.74 Å². The second-order valence-electron chi connectivity index (χ2n) is 5.02. The summed E-state index contributed by atoms with van der Waals surface area (Å²) < 4.78 is 7.48. The third-order valence-corrected chi connectivity index (χ3v) is 3.73. The molecule has 2 atom stereocenters. The van der Waals surface area contributed by atoms with Crippen LogP contribution >= 0.6 is 0 Å². The second-order valence-corrected chi connectivity index (χ2v) is 5.02. The first kappa shape index (κ1) is 12.6. The summed E-state index contributed by atoms with van der Waals surface area (Å²) in [6.07, 6.45) is 6.18. The number of nitrogens with zero attached hydrogens (tertiary/aromatic N) is 2. The van der Waals surface area contributed by atoms with Gasteiger partial charge in [0.25, 0.3) is 0 Å². The van der Waals surface area contributed by atoms with Gasteiger partial charge in [-0.05, 0) is 32.6 Å². The van der Waals surface area contributed by atoms with Gasteiger partial charge in [0.2, 0.25) is 0 Å². The lowest BCUT2D eigenvalue weighted by Gasteiger charge is -2.30. The lowest BCUT2D eigenvalue weighted by molar-refractivity contribution is 0.0545. The lowest BCUT2D eigenvalue weighted by atomic mass is 9.92. The van der Waals surface area contributed by atoms with E-state index in [0.29, 0.717) is 12.1 Å². The number of hydrogen-bond donors (Lipinski definition) is 1. The van der Waals surface area contributed by atoms with Crippen molar-refractivity contribution in [3.05, 3.63) is 18.2 Å². The largest absolute Gasteiger partial charge is 0.381 e.